The Morgan fingerprint density at radius 1 is 0.889 bits per heavy atom. The van der Waals surface area contributed by atoms with Crippen molar-refractivity contribution in [1.29, 1.82) is 0 Å². The maximum Gasteiger partial charge on any atom is 0.412 e. The first-order chi connectivity index (χ1) is 17.5. The second-order valence-corrected chi connectivity index (χ2v) is 9.39. The first kappa shape index (κ1) is 27.5. The Bertz CT molecular complexity index is 975. The van der Waals surface area contributed by atoms with Gasteiger partial charge in [-0.3, -0.25) is 5.32 Å². The number of carbonyl (C=O) groups excluding carboxylic acids is 2. The molecule has 2 unspecified atom stereocenters. The van der Waals surface area contributed by atoms with E-state index in [-0.39, 0.29) is 5.57 Å². The molecule has 1 heterocycles. The van der Waals surface area contributed by atoms with Crippen molar-refractivity contribution in [1.82, 2.24) is 0 Å². The summed E-state index contributed by atoms with van der Waals surface area (Å²) < 4.78 is 11.1. The van der Waals surface area contributed by atoms with Gasteiger partial charge >= 0.3 is 12.1 Å². The predicted octanol–water partition coefficient (Wildman–Crippen LogP) is 7.24. The summed E-state index contributed by atoms with van der Waals surface area (Å²) in [6.07, 6.45) is 12.1. The molecule has 6 heteroatoms. The smallest absolute Gasteiger partial charge is 0.412 e. The minimum Gasteiger partial charge on any atom is -0.441 e. The number of hydrogen-bond acceptors (Lipinski definition) is 5. The molecular formula is C30H39NO5. The van der Waals surface area contributed by atoms with Crippen LogP contribution in [0.5, 0.6) is 0 Å². The third-order valence-electron chi connectivity index (χ3n) is 6.51. The van der Waals surface area contributed by atoms with Gasteiger partial charge in [-0.2, -0.15) is 0 Å². The number of carbonyl (C=O) groups is 2. The monoisotopic (exact) mass is 493 g/mol. The van der Waals surface area contributed by atoms with Crippen LogP contribution in [0.4, 0.5) is 10.5 Å². The van der Waals surface area contributed by atoms with Crippen LogP contribution in [0.15, 0.2) is 72.3 Å². The fourth-order valence-electron chi connectivity index (χ4n) is 4.55. The molecule has 0 fully saturated rings. The second kappa shape index (κ2) is 14.4. The number of hydrogen-bond donors (Lipinski definition) is 2. The SMILES string of the molecule is CCCCCCCCCCCCC(OC(=O)Nc1ccccc1)C1=CC(=O)OC1(O)c1ccccc1. The minimum absolute atomic E-state index is 0.248. The molecule has 2 N–H and O–H groups in total. The van der Waals surface area contributed by atoms with Gasteiger partial charge < -0.3 is 14.6 Å². The number of nitrogens with one attached hydrogen (secondary N) is 1. The van der Waals surface area contributed by atoms with E-state index in [2.05, 4.69) is 12.2 Å². The molecule has 2 atom stereocenters. The number of esters is 1. The van der Waals surface area contributed by atoms with Gasteiger partial charge in [0, 0.05) is 17.3 Å². The van der Waals surface area contributed by atoms with E-state index in [1.165, 1.54) is 51.0 Å². The number of ether oxygens (including phenoxy) is 2. The number of anilines is 1. The molecule has 2 aromatic rings. The van der Waals surface area contributed by atoms with Crippen LogP contribution >= 0.6 is 0 Å². The molecule has 1 amide bonds. The van der Waals surface area contributed by atoms with Gasteiger partial charge in [0.2, 0.25) is 0 Å². The molecule has 0 aromatic heterocycles. The maximum atomic E-state index is 12.7. The van der Waals surface area contributed by atoms with Crippen LogP contribution < -0.4 is 5.32 Å². The third-order valence-corrected chi connectivity index (χ3v) is 6.51. The molecule has 3 rings (SSSR count). The Kier molecular flexibility index (Phi) is 11.0. The van der Waals surface area contributed by atoms with Crippen LogP contribution in [-0.2, 0) is 20.1 Å². The summed E-state index contributed by atoms with van der Waals surface area (Å²) >= 11 is 0. The molecule has 0 radical (unpaired) electrons. The van der Waals surface area contributed by atoms with Gasteiger partial charge in [-0.25, -0.2) is 9.59 Å². The van der Waals surface area contributed by atoms with Crippen molar-refractivity contribution in [2.75, 3.05) is 5.32 Å². The lowest BCUT2D eigenvalue weighted by atomic mass is 9.91. The normalized spacial score (nSPS) is 17.8. The van der Waals surface area contributed by atoms with Crippen molar-refractivity contribution in [3.05, 3.63) is 77.9 Å². The fourth-order valence-corrected chi connectivity index (χ4v) is 4.55. The Labute approximate surface area is 214 Å². The van der Waals surface area contributed by atoms with Crippen LogP contribution in [0, 0.1) is 0 Å². The molecule has 0 bridgehead atoms. The molecule has 36 heavy (non-hydrogen) atoms. The molecule has 194 valence electrons. The number of para-hydroxylation sites is 1. The van der Waals surface area contributed by atoms with E-state index in [1.807, 2.05) is 24.3 Å². The summed E-state index contributed by atoms with van der Waals surface area (Å²) in [5, 5.41) is 14.1. The highest BCUT2D eigenvalue weighted by Crippen LogP contribution is 2.40. The van der Waals surface area contributed by atoms with E-state index in [1.54, 1.807) is 36.4 Å². The summed E-state index contributed by atoms with van der Waals surface area (Å²) in [5.74, 6) is -2.62. The zero-order valence-electron chi connectivity index (χ0n) is 21.3. The highest BCUT2D eigenvalue weighted by molar-refractivity contribution is 5.88. The van der Waals surface area contributed by atoms with E-state index >= 15 is 0 Å². The van der Waals surface area contributed by atoms with Gasteiger partial charge in [-0.1, -0.05) is 113 Å². The van der Waals surface area contributed by atoms with Gasteiger partial charge in [0.25, 0.3) is 5.79 Å². The van der Waals surface area contributed by atoms with E-state index in [4.69, 9.17) is 9.47 Å². The third kappa shape index (κ3) is 8.23. The number of rotatable bonds is 15. The van der Waals surface area contributed by atoms with Crippen LogP contribution in [0.1, 0.15) is 83.1 Å². The first-order valence-electron chi connectivity index (χ1n) is 13.3. The van der Waals surface area contributed by atoms with Gasteiger partial charge in [0.05, 0.1) is 5.57 Å². The maximum absolute atomic E-state index is 12.7. The van der Waals surface area contributed by atoms with Crippen molar-refractivity contribution in [2.45, 2.75) is 89.4 Å². The molecular weight excluding hydrogens is 454 g/mol. The molecule has 0 spiro atoms. The van der Waals surface area contributed by atoms with Crippen LogP contribution in [0.2, 0.25) is 0 Å². The lowest BCUT2D eigenvalue weighted by Crippen LogP contribution is -2.36. The van der Waals surface area contributed by atoms with E-state index in [0.717, 1.165) is 19.3 Å². The zero-order chi connectivity index (χ0) is 25.6. The molecule has 2 aromatic carbocycles. The van der Waals surface area contributed by atoms with Crippen LogP contribution in [0.25, 0.3) is 0 Å². The standard InChI is InChI=1S/C30H39NO5/c1-2-3-4-5-6-7-8-9-10-17-22-27(35-29(33)31-25-20-15-12-16-21-25)26-23-28(32)36-30(26,34)24-18-13-11-14-19-24/h11-16,18-21,23,27,34H,2-10,17,22H2,1H3,(H,31,33). The summed E-state index contributed by atoms with van der Waals surface area (Å²) in [4.78, 5) is 25.0. The van der Waals surface area contributed by atoms with Gasteiger partial charge in [-0.15, -0.1) is 0 Å². The van der Waals surface area contributed by atoms with Crippen molar-refractivity contribution in [3.63, 3.8) is 0 Å². The number of amides is 1. The number of aliphatic hydroxyl groups is 1. The average molecular weight is 494 g/mol. The Morgan fingerprint density at radius 2 is 1.44 bits per heavy atom. The summed E-state index contributed by atoms with van der Waals surface area (Å²) in [6.45, 7) is 2.23. The van der Waals surface area contributed by atoms with Crippen molar-refractivity contribution >= 4 is 17.7 Å². The van der Waals surface area contributed by atoms with E-state index in [0.29, 0.717) is 17.7 Å². The van der Waals surface area contributed by atoms with E-state index in [9.17, 15) is 14.7 Å². The Balaban J connectivity index is 1.61. The van der Waals surface area contributed by atoms with Crippen LogP contribution in [0.3, 0.4) is 0 Å². The lowest BCUT2D eigenvalue weighted by Gasteiger charge is -2.30. The largest absolute Gasteiger partial charge is 0.441 e. The van der Waals surface area contributed by atoms with E-state index < -0.39 is 24.0 Å². The molecule has 1 aliphatic rings. The summed E-state index contributed by atoms with van der Waals surface area (Å²) in [6, 6.07) is 17.7. The Morgan fingerprint density at radius 3 is 2.06 bits per heavy atom. The second-order valence-electron chi connectivity index (χ2n) is 9.39. The van der Waals surface area contributed by atoms with Crippen molar-refractivity contribution < 1.29 is 24.2 Å². The topological polar surface area (TPSA) is 84.9 Å². The molecule has 1 aliphatic heterocycles. The highest BCUT2D eigenvalue weighted by atomic mass is 16.7. The molecule has 0 saturated heterocycles. The van der Waals surface area contributed by atoms with Gasteiger partial charge in [0.1, 0.15) is 6.10 Å². The molecule has 0 saturated carbocycles. The molecule has 6 nitrogen and oxygen atoms in total. The number of unbranched alkanes of at least 4 members (excludes halogenated alkanes) is 9. The van der Waals surface area contributed by atoms with Crippen LogP contribution in [-0.4, -0.2) is 23.3 Å². The number of cyclic esters (lactones) is 1. The van der Waals surface area contributed by atoms with Gasteiger partial charge in [0.15, 0.2) is 0 Å². The lowest BCUT2D eigenvalue weighted by molar-refractivity contribution is -0.188. The van der Waals surface area contributed by atoms with Crippen molar-refractivity contribution in [3.8, 4) is 0 Å². The first-order valence-corrected chi connectivity index (χ1v) is 13.3. The quantitative estimate of drug-likeness (QED) is 0.202. The average Bonchev–Trinajstić information content (AvgIpc) is 3.20. The minimum atomic E-state index is -1.96. The molecule has 0 aliphatic carbocycles. The fraction of sp³-hybridized carbons (Fsp3) is 0.467. The van der Waals surface area contributed by atoms with Gasteiger partial charge in [-0.05, 0) is 25.0 Å². The number of benzene rings is 2. The summed E-state index contributed by atoms with van der Waals surface area (Å²) in [7, 11) is 0. The Hall–Kier alpha value is -3.12. The predicted molar refractivity (Wildman–Crippen MR) is 141 cm³/mol. The van der Waals surface area contributed by atoms with Crippen molar-refractivity contribution in [2.24, 2.45) is 0 Å². The highest BCUT2D eigenvalue weighted by Gasteiger charge is 2.47. The summed E-state index contributed by atoms with van der Waals surface area (Å²) in [5.41, 5.74) is 1.27. The zero-order valence-corrected chi connectivity index (χ0v) is 21.3.